The lowest BCUT2D eigenvalue weighted by Gasteiger charge is -2.06. The highest BCUT2D eigenvalue weighted by atomic mass is 35.5. The molecule has 8 heteroatoms. The van der Waals surface area contributed by atoms with Gasteiger partial charge in [0.05, 0.1) is 6.20 Å². The first-order valence-corrected chi connectivity index (χ1v) is 5.47. The first-order valence-electron chi connectivity index (χ1n) is 4.71. The molecule has 1 aromatic carbocycles. The molecule has 2 rings (SSSR count). The number of hydrogen-bond donors (Lipinski definition) is 1. The highest BCUT2D eigenvalue weighted by Crippen LogP contribution is 2.35. The van der Waals surface area contributed by atoms with E-state index in [2.05, 4.69) is 20.2 Å². The Hall–Kier alpha value is -2.01. The summed E-state index contributed by atoms with van der Waals surface area (Å²) in [6.07, 6.45) is 1.37. The van der Waals surface area contributed by atoms with Gasteiger partial charge in [0, 0.05) is 21.2 Å². The van der Waals surface area contributed by atoms with E-state index in [4.69, 9.17) is 28.7 Å². The molecule has 1 N–H and O–H groups in total. The molecule has 0 radical (unpaired) electrons. The molecular formula is C10H5Cl2N5O. The van der Waals surface area contributed by atoms with Gasteiger partial charge in [0.2, 0.25) is 0 Å². The van der Waals surface area contributed by atoms with Gasteiger partial charge in [0.15, 0.2) is 0 Å². The fourth-order valence-corrected chi connectivity index (χ4v) is 1.80. The maximum absolute atomic E-state index is 11.4. The third-order valence-corrected chi connectivity index (χ3v) is 2.81. The van der Waals surface area contributed by atoms with Gasteiger partial charge in [-0.25, -0.2) is 5.10 Å². The molecule has 0 bridgehead atoms. The van der Waals surface area contributed by atoms with Gasteiger partial charge in [-0.15, -0.1) is 0 Å². The predicted molar refractivity (Wildman–Crippen MR) is 69.1 cm³/mol. The Labute approximate surface area is 111 Å². The van der Waals surface area contributed by atoms with Crippen LogP contribution in [-0.4, -0.2) is 10.2 Å². The number of aromatic nitrogens is 2. The smallest absolute Gasteiger partial charge is 0.266 e. The van der Waals surface area contributed by atoms with Gasteiger partial charge in [-0.05, 0) is 23.2 Å². The molecule has 1 heterocycles. The van der Waals surface area contributed by atoms with Crippen LogP contribution in [0.4, 0.5) is 5.69 Å². The number of nitrogens with one attached hydrogen (secondary N) is 1. The number of H-pyrrole nitrogens is 1. The minimum Gasteiger partial charge on any atom is -0.266 e. The van der Waals surface area contributed by atoms with Crippen LogP contribution in [0.5, 0.6) is 0 Å². The van der Waals surface area contributed by atoms with E-state index in [-0.39, 0.29) is 5.02 Å². The second-order valence-corrected chi connectivity index (χ2v) is 4.09. The van der Waals surface area contributed by atoms with Crippen molar-refractivity contribution in [1.29, 1.82) is 0 Å². The Morgan fingerprint density at radius 2 is 2.11 bits per heavy atom. The van der Waals surface area contributed by atoms with Crippen molar-refractivity contribution in [2.45, 2.75) is 0 Å². The lowest BCUT2D eigenvalue weighted by Crippen LogP contribution is -2.08. The van der Waals surface area contributed by atoms with Crippen LogP contribution in [0.2, 0.25) is 10.0 Å². The molecule has 18 heavy (non-hydrogen) atoms. The maximum Gasteiger partial charge on any atom is 0.283 e. The van der Waals surface area contributed by atoms with Crippen molar-refractivity contribution in [3.8, 4) is 11.1 Å². The Morgan fingerprint density at radius 3 is 2.83 bits per heavy atom. The van der Waals surface area contributed by atoms with Crippen LogP contribution in [0.15, 0.2) is 34.3 Å². The third-order valence-electron chi connectivity index (χ3n) is 2.20. The molecule has 90 valence electrons. The van der Waals surface area contributed by atoms with Crippen molar-refractivity contribution in [1.82, 2.24) is 10.2 Å². The van der Waals surface area contributed by atoms with Crippen molar-refractivity contribution in [2.75, 3.05) is 0 Å². The second kappa shape index (κ2) is 5.10. The summed E-state index contributed by atoms with van der Waals surface area (Å²) in [5.74, 6) is 0. The second-order valence-electron chi connectivity index (χ2n) is 3.28. The summed E-state index contributed by atoms with van der Waals surface area (Å²) in [4.78, 5) is 14.1. The molecule has 0 unspecified atom stereocenters. The fourth-order valence-electron chi connectivity index (χ4n) is 1.43. The zero-order chi connectivity index (χ0) is 13.1. The molecule has 1 aromatic heterocycles. The SMILES string of the molecule is [N-]=[N+]=Nc1ccc(Cl)cc1-c1cn[nH]c(=O)c1Cl. The first-order chi connectivity index (χ1) is 8.63. The zero-order valence-electron chi connectivity index (χ0n) is 8.76. The quantitative estimate of drug-likeness (QED) is 0.516. The van der Waals surface area contributed by atoms with Gasteiger partial charge in [0.1, 0.15) is 5.02 Å². The van der Waals surface area contributed by atoms with Crippen molar-refractivity contribution in [3.63, 3.8) is 0 Å². The van der Waals surface area contributed by atoms with E-state index in [1.165, 1.54) is 12.3 Å². The van der Waals surface area contributed by atoms with E-state index >= 15 is 0 Å². The van der Waals surface area contributed by atoms with Crippen LogP contribution in [0.3, 0.4) is 0 Å². The van der Waals surface area contributed by atoms with E-state index in [9.17, 15) is 4.79 Å². The summed E-state index contributed by atoms with van der Waals surface area (Å²) in [6.45, 7) is 0. The van der Waals surface area contributed by atoms with E-state index < -0.39 is 5.56 Å². The van der Waals surface area contributed by atoms with Crippen LogP contribution in [0, 0.1) is 0 Å². The van der Waals surface area contributed by atoms with Crippen molar-refractivity contribution >= 4 is 28.9 Å². The van der Waals surface area contributed by atoms with Crippen LogP contribution in [0.25, 0.3) is 21.6 Å². The highest BCUT2D eigenvalue weighted by molar-refractivity contribution is 6.33. The number of hydrogen-bond acceptors (Lipinski definition) is 3. The molecule has 0 aliphatic rings. The van der Waals surface area contributed by atoms with E-state index in [1.807, 2.05) is 0 Å². The lowest BCUT2D eigenvalue weighted by atomic mass is 10.1. The zero-order valence-corrected chi connectivity index (χ0v) is 10.3. The molecule has 0 amide bonds. The predicted octanol–water partition coefficient (Wildman–Crippen LogP) is 3.69. The van der Waals surface area contributed by atoms with Crippen molar-refractivity contribution in [3.05, 3.63) is 55.2 Å². The van der Waals surface area contributed by atoms with Gasteiger partial charge in [-0.3, -0.25) is 4.79 Å². The number of benzene rings is 1. The molecule has 0 spiro atoms. The number of aromatic amines is 1. The highest BCUT2D eigenvalue weighted by Gasteiger charge is 2.11. The number of rotatable bonds is 2. The Morgan fingerprint density at radius 1 is 1.33 bits per heavy atom. The number of halogens is 2. The molecule has 0 fully saturated rings. The number of nitrogens with zero attached hydrogens (tertiary/aromatic N) is 4. The van der Waals surface area contributed by atoms with E-state index in [1.54, 1.807) is 12.1 Å². The van der Waals surface area contributed by atoms with Crippen LogP contribution in [-0.2, 0) is 0 Å². The van der Waals surface area contributed by atoms with E-state index in [0.717, 1.165) is 0 Å². The minimum atomic E-state index is -0.527. The van der Waals surface area contributed by atoms with Crippen LogP contribution >= 0.6 is 23.2 Å². The van der Waals surface area contributed by atoms with Gasteiger partial charge in [0.25, 0.3) is 5.56 Å². The first kappa shape index (κ1) is 12.4. The molecule has 0 aliphatic carbocycles. The minimum absolute atomic E-state index is 0.0401. The molecule has 2 aromatic rings. The average molecular weight is 282 g/mol. The topological polar surface area (TPSA) is 94.5 Å². The fraction of sp³-hybridized carbons (Fsp3) is 0. The monoisotopic (exact) mass is 281 g/mol. The Bertz CT molecular complexity index is 706. The molecule has 6 nitrogen and oxygen atoms in total. The summed E-state index contributed by atoms with van der Waals surface area (Å²) in [5.41, 5.74) is 9.08. The summed E-state index contributed by atoms with van der Waals surface area (Å²) >= 11 is 11.8. The van der Waals surface area contributed by atoms with Gasteiger partial charge in [-0.2, -0.15) is 5.10 Å². The van der Waals surface area contributed by atoms with E-state index in [0.29, 0.717) is 21.8 Å². The summed E-state index contributed by atoms with van der Waals surface area (Å²) in [6, 6.07) is 4.66. The maximum atomic E-state index is 11.4. The molecule has 0 saturated heterocycles. The lowest BCUT2D eigenvalue weighted by molar-refractivity contribution is 0.991. The van der Waals surface area contributed by atoms with Crippen molar-refractivity contribution in [2.24, 2.45) is 5.11 Å². The molecule has 0 atom stereocenters. The Kier molecular flexibility index (Phi) is 3.53. The van der Waals surface area contributed by atoms with Crippen LogP contribution < -0.4 is 5.56 Å². The summed E-state index contributed by atoms with van der Waals surface area (Å²) in [5, 5.41) is 9.76. The standard InChI is InChI=1S/C10H5Cl2N5O/c11-5-1-2-8(15-17-13)6(3-5)7-4-14-16-10(18)9(7)12/h1-4H,(H,16,18). The number of azide groups is 1. The normalized spacial score (nSPS) is 9.89. The van der Waals surface area contributed by atoms with Gasteiger partial charge in [-0.1, -0.05) is 34.4 Å². The van der Waals surface area contributed by atoms with Gasteiger partial charge >= 0.3 is 0 Å². The molecule has 0 saturated carbocycles. The molecule has 0 aliphatic heterocycles. The van der Waals surface area contributed by atoms with Crippen LogP contribution in [0.1, 0.15) is 0 Å². The average Bonchev–Trinajstić information content (AvgIpc) is 2.35. The third kappa shape index (κ3) is 2.31. The largest absolute Gasteiger partial charge is 0.283 e. The van der Waals surface area contributed by atoms with Gasteiger partial charge < -0.3 is 0 Å². The summed E-state index contributed by atoms with van der Waals surface area (Å²) in [7, 11) is 0. The molecular weight excluding hydrogens is 277 g/mol. The van der Waals surface area contributed by atoms with Crippen molar-refractivity contribution < 1.29 is 0 Å². The summed E-state index contributed by atoms with van der Waals surface area (Å²) < 4.78 is 0. The Balaban J connectivity index is 2.77.